The smallest absolute Gasteiger partial charge is 0.338 e. The van der Waals surface area contributed by atoms with Gasteiger partial charge in [-0.2, -0.15) is 0 Å². The molecule has 1 unspecified atom stereocenters. The van der Waals surface area contributed by atoms with Gasteiger partial charge in [0.1, 0.15) is 5.76 Å². The number of imide groups is 1. The van der Waals surface area contributed by atoms with Crippen LogP contribution in [0.25, 0.3) is 0 Å². The summed E-state index contributed by atoms with van der Waals surface area (Å²) in [5.74, 6) is -7.60. The maximum Gasteiger partial charge on any atom is 0.338 e. The summed E-state index contributed by atoms with van der Waals surface area (Å²) in [7, 11) is 0. The molecule has 3 aromatic rings. The first-order valence-electron chi connectivity index (χ1n) is 9.85. The van der Waals surface area contributed by atoms with Crippen molar-refractivity contribution in [1.82, 2.24) is 4.90 Å². The molecule has 0 aliphatic carbocycles. The SMILES string of the molecule is CC(OC(=O)c1ccc2c(c1)C(=O)N(Cc1ccco1)C2=O)C(=O)Nc1ccc(F)c(F)c1F. The van der Waals surface area contributed by atoms with Gasteiger partial charge in [-0.25, -0.2) is 18.0 Å². The van der Waals surface area contributed by atoms with Gasteiger partial charge in [-0.1, -0.05) is 0 Å². The number of nitrogens with one attached hydrogen (secondary N) is 1. The van der Waals surface area contributed by atoms with Crippen molar-refractivity contribution in [3.05, 3.63) is 88.6 Å². The topological polar surface area (TPSA) is 106 Å². The average molecular weight is 472 g/mol. The highest BCUT2D eigenvalue weighted by atomic mass is 19.2. The van der Waals surface area contributed by atoms with E-state index in [4.69, 9.17) is 9.15 Å². The summed E-state index contributed by atoms with van der Waals surface area (Å²) in [6.45, 7) is 1.09. The van der Waals surface area contributed by atoms with Crippen molar-refractivity contribution in [3.63, 3.8) is 0 Å². The van der Waals surface area contributed by atoms with Gasteiger partial charge in [0, 0.05) is 0 Å². The molecule has 1 N–H and O–H groups in total. The van der Waals surface area contributed by atoms with Gasteiger partial charge in [0.2, 0.25) is 0 Å². The molecule has 1 atom stereocenters. The second-order valence-corrected chi connectivity index (χ2v) is 7.30. The number of hydrogen-bond acceptors (Lipinski definition) is 6. The highest BCUT2D eigenvalue weighted by Crippen LogP contribution is 2.26. The number of benzene rings is 2. The van der Waals surface area contributed by atoms with Crippen LogP contribution in [0.1, 0.15) is 43.8 Å². The van der Waals surface area contributed by atoms with Gasteiger partial charge >= 0.3 is 5.97 Å². The summed E-state index contributed by atoms with van der Waals surface area (Å²) in [6.07, 6.45) is -0.0547. The normalized spacial score (nSPS) is 13.6. The van der Waals surface area contributed by atoms with Gasteiger partial charge in [0.25, 0.3) is 17.7 Å². The summed E-state index contributed by atoms with van der Waals surface area (Å²) in [6, 6.07) is 8.36. The number of esters is 1. The van der Waals surface area contributed by atoms with Crippen LogP contribution in [0.5, 0.6) is 0 Å². The van der Waals surface area contributed by atoms with E-state index in [2.05, 4.69) is 0 Å². The standard InChI is InChI=1S/C23H15F3N2O6/c1-11(20(29)27-17-7-6-16(24)18(25)19(17)26)34-23(32)12-4-5-14-15(9-12)22(31)28(21(14)30)10-13-3-2-8-33-13/h2-9,11H,10H2,1H3,(H,27,29). The third-order valence-electron chi connectivity index (χ3n) is 5.05. The van der Waals surface area contributed by atoms with Crippen LogP contribution < -0.4 is 5.32 Å². The van der Waals surface area contributed by atoms with E-state index in [1.807, 2.05) is 5.32 Å². The van der Waals surface area contributed by atoms with Gasteiger partial charge in [-0.15, -0.1) is 0 Å². The van der Waals surface area contributed by atoms with E-state index >= 15 is 0 Å². The Morgan fingerprint density at radius 3 is 2.47 bits per heavy atom. The zero-order chi connectivity index (χ0) is 24.6. The Hall–Kier alpha value is -4.41. The van der Waals surface area contributed by atoms with E-state index in [-0.39, 0.29) is 23.2 Å². The van der Waals surface area contributed by atoms with Crippen LogP contribution in [0, 0.1) is 17.5 Å². The molecule has 34 heavy (non-hydrogen) atoms. The summed E-state index contributed by atoms with van der Waals surface area (Å²) in [5.41, 5.74) is -0.678. The van der Waals surface area contributed by atoms with Crippen LogP contribution in [0.2, 0.25) is 0 Å². The molecule has 0 bridgehead atoms. The lowest BCUT2D eigenvalue weighted by Gasteiger charge is -2.14. The molecule has 2 aromatic carbocycles. The van der Waals surface area contributed by atoms with Crippen LogP contribution >= 0.6 is 0 Å². The van der Waals surface area contributed by atoms with Crippen molar-refractivity contribution in [3.8, 4) is 0 Å². The Balaban J connectivity index is 1.45. The molecule has 11 heteroatoms. The molecule has 0 radical (unpaired) electrons. The lowest BCUT2D eigenvalue weighted by molar-refractivity contribution is -0.123. The van der Waals surface area contributed by atoms with E-state index in [1.54, 1.807) is 12.1 Å². The summed E-state index contributed by atoms with van der Waals surface area (Å²) in [5, 5.41) is 2.00. The van der Waals surface area contributed by atoms with Crippen molar-refractivity contribution in [2.24, 2.45) is 0 Å². The van der Waals surface area contributed by atoms with Gasteiger partial charge in [0.05, 0.1) is 35.2 Å². The highest BCUT2D eigenvalue weighted by molar-refractivity contribution is 6.21. The van der Waals surface area contributed by atoms with Crippen molar-refractivity contribution in [2.45, 2.75) is 19.6 Å². The van der Waals surface area contributed by atoms with E-state index in [9.17, 15) is 32.3 Å². The van der Waals surface area contributed by atoms with Crippen LogP contribution in [0.15, 0.2) is 53.1 Å². The predicted molar refractivity (Wildman–Crippen MR) is 109 cm³/mol. The van der Waals surface area contributed by atoms with Crippen molar-refractivity contribution in [1.29, 1.82) is 0 Å². The maximum atomic E-state index is 13.8. The highest BCUT2D eigenvalue weighted by Gasteiger charge is 2.36. The minimum Gasteiger partial charge on any atom is -0.467 e. The second-order valence-electron chi connectivity index (χ2n) is 7.30. The maximum absolute atomic E-state index is 13.8. The van der Waals surface area contributed by atoms with Gasteiger partial charge < -0.3 is 14.5 Å². The second kappa shape index (κ2) is 8.85. The first-order chi connectivity index (χ1) is 16.2. The number of halogens is 3. The number of anilines is 1. The molecular formula is C23H15F3N2O6. The van der Waals surface area contributed by atoms with Crippen molar-refractivity contribution >= 4 is 29.4 Å². The lowest BCUT2D eigenvalue weighted by atomic mass is 10.1. The van der Waals surface area contributed by atoms with E-state index in [0.717, 1.165) is 11.0 Å². The molecule has 2 heterocycles. The molecule has 8 nitrogen and oxygen atoms in total. The quantitative estimate of drug-likeness (QED) is 0.333. The van der Waals surface area contributed by atoms with E-state index in [1.165, 1.54) is 31.4 Å². The number of amides is 3. The van der Waals surface area contributed by atoms with Gasteiger partial charge in [0.15, 0.2) is 23.6 Å². The Bertz CT molecular complexity index is 1320. The Morgan fingerprint density at radius 2 is 1.76 bits per heavy atom. The molecule has 0 saturated heterocycles. The van der Waals surface area contributed by atoms with Crippen LogP contribution in [0.4, 0.5) is 18.9 Å². The molecule has 1 aliphatic rings. The minimum atomic E-state index is -1.76. The summed E-state index contributed by atoms with van der Waals surface area (Å²) in [4.78, 5) is 50.9. The Kier molecular flexibility index (Phi) is 5.93. The fourth-order valence-corrected chi connectivity index (χ4v) is 3.26. The number of carbonyl (C=O) groups is 4. The van der Waals surface area contributed by atoms with E-state index in [0.29, 0.717) is 11.8 Å². The zero-order valence-corrected chi connectivity index (χ0v) is 17.4. The molecule has 1 aliphatic heterocycles. The van der Waals surface area contributed by atoms with Gasteiger partial charge in [-0.05, 0) is 49.4 Å². The molecule has 0 spiro atoms. The average Bonchev–Trinajstić information content (AvgIpc) is 3.42. The van der Waals surface area contributed by atoms with Gasteiger partial charge in [-0.3, -0.25) is 19.3 Å². The molecule has 174 valence electrons. The summed E-state index contributed by atoms with van der Waals surface area (Å²) < 4.78 is 50.3. The number of nitrogens with zero attached hydrogens (tertiary/aromatic N) is 1. The molecule has 1 aromatic heterocycles. The number of rotatable bonds is 6. The monoisotopic (exact) mass is 472 g/mol. The molecule has 3 amide bonds. The fraction of sp³-hybridized carbons (Fsp3) is 0.130. The van der Waals surface area contributed by atoms with Crippen molar-refractivity contribution in [2.75, 3.05) is 5.32 Å². The first-order valence-corrected chi connectivity index (χ1v) is 9.85. The molecule has 0 fully saturated rings. The van der Waals surface area contributed by atoms with Crippen molar-refractivity contribution < 1.29 is 41.5 Å². The fourth-order valence-electron chi connectivity index (χ4n) is 3.26. The number of furan rings is 1. The lowest BCUT2D eigenvalue weighted by Crippen LogP contribution is -2.30. The molecule has 0 saturated carbocycles. The molecule has 4 rings (SSSR count). The zero-order valence-electron chi connectivity index (χ0n) is 17.4. The number of ether oxygens (including phenoxy) is 1. The third kappa shape index (κ3) is 4.15. The first kappa shape index (κ1) is 22.8. The Morgan fingerprint density at radius 1 is 1.03 bits per heavy atom. The van der Waals surface area contributed by atoms with Crippen LogP contribution in [0.3, 0.4) is 0 Å². The van der Waals surface area contributed by atoms with Crippen LogP contribution in [-0.4, -0.2) is 34.7 Å². The predicted octanol–water partition coefficient (Wildman–Crippen LogP) is 3.68. The van der Waals surface area contributed by atoms with Crippen LogP contribution in [-0.2, 0) is 16.1 Å². The third-order valence-corrected chi connectivity index (χ3v) is 5.05. The minimum absolute atomic E-state index is 0.0213. The van der Waals surface area contributed by atoms with E-state index < -0.39 is 52.9 Å². The Labute approximate surface area is 189 Å². The number of fused-ring (bicyclic) bond motifs is 1. The molecular weight excluding hydrogens is 457 g/mol. The summed E-state index contributed by atoms with van der Waals surface area (Å²) >= 11 is 0. The number of hydrogen-bond donors (Lipinski definition) is 1. The largest absolute Gasteiger partial charge is 0.467 e. The number of carbonyl (C=O) groups excluding carboxylic acids is 4.